The molecule has 0 aliphatic carbocycles. The van der Waals surface area contributed by atoms with Gasteiger partial charge in [-0.1, -0.05) is 13.8 Å². The van der Waals surface area contributed by atoms with Gasteiger partial charge in [0.25, 0.3) is 0 Å². The van der Waals surface area contributed by atoms with Gasteiger partial charge in [-0.3, -0.25) is 4.90 Å². The molecule has 0 aromatic heterocycles. The lowest BCUT2D eigenvalue weighted by Gasteiger charge is -2.33. The fourth-order valence-corrected chi connectivity index (χ4v) is 3.45. The molecule has 4 nitrogen and oxygen atoms in total. The first-order valence-electron chi connectivity index (χ1n) is 8.31. The van der Waals surface area contributed by atoms with E-state index in [1.165, 1.54) is 38.9 Å². The first-order chi connectivity index (χ1) is 9.56. The molecule has 0 saturated carbocycles. The highest BCUT2D eigenvalue weighted by atomic mass is 16.3. The minimum absolute atomic E-state index is 0.0640. The van der Waals surface area contributed by atoms with Crippen LogP contribution in [0, 0.1) is 0 Å². The second kappa shape index (κ2) is 8.98. The van der Waals surface area contributed by atoms with Crippen LogP contribution >= 0.6 is 0 Å². The Kier molecular flexibility index (Phi) is 8.03. The largest absolute Gasteiger partial charge is 0.394 e. The number of nitrogens with one attached hydrogen (secondary N) is 1. The van der Waals surface area contributed by atoms with Crippen molar-refractivity contribution in [1.82, 2.24) is 15.1 Å². The molecular weight excluding hydrogens is 250 g/mol. The summed E-state index contributed by atoms with van der Waals surface area (Å²) in [4.78, 5) is 4.94. The Morgan fingerprint density at radius 1 is 1.35 bits per heavy atom. The monoisotopic (exact) mass is 285 g/mol. The Hall–Kier alpha value is -0.160. The number of aliphatic hydroxyl groups excluding tert-OH is 1. The lowest BCUT2D eigenvalue weighted by atomic mass is 9.91. The van der Waals surface area contributed by atoms with Crippen LogP contribution in [-0.4, -0.2) is 73.4 Å². The maximum atomic E-state index is 9.69. The molecular formula is C16H35N3O. The molecule has 20 heavy (non-hydrogen) atoms. The van der Waals surface area contributed by atoms with Crippen LogP contribution in [0.1, 0.15) is 46.0 Å². The van der Waals surface area contributed by atoms with Crippen LogP contribution in [0.3, 0.4) is 0 Å². The summed E-state index contributed by atoms with van der Waals surface area (Å²) in [5.74, 6) is 0. The Balaban J connectivity index is 2.38. The molecule has 2 unspecified atom stereocenters. The third-order valence-corrected chi connectivity index (χ3v) is 4.71. The van der Waals surface area contributed by atoms with Gasteiger partial charge >= 0.3 is 0 Å². The minimum Gasteiger partial charge on any atom is -0.394 e. The summed E-state index contributed by atoms with van der Waals surface area (Å²) in [5, 5.41) is 13.2. The molecule has 4 heteroatoms. The molecule has 0 radical (unpaired) electrons. The third kappa shape index (κ3) is 5.32. The molecule has 1 rings (SSSR count). The van der Waals surface area contributed by atoms with Gasteiger partial charge in [0.05, 0.1) is 6.61 Å². The number of aliphatic hydroxyl groups is 1. The zero-order chi connectivity index (χ0) is 15.0. The summed E-state index contributed by atoms with van der Waals surface area (Å²) in [6.07, 6.45) is 5.91. The van der Waals surface area contributed by atoms with Crippen molar-refractivity contribution in [3.05, 3.63) is 0 Å². The van der Waals surface area contributed by atoms with Gasteiger partial charge in [0.1, 0.15) is 0 Å². The molecule has 1 fully saturated rings. The minimum atomic E-state index is -0.0640. The number of hydrogen-bond donors (Lipinski definition) is 2. The van der Waals surface area contributed by atoms with Crippen LogP contribution in [0.15, 0.2) is 0 Å². The highest BCUT2D eigenvalue weighted by Gasteiger charge is 2.28. The summed E-state index contributed by atoms with van der Waals surface area (Å²) in [5.41, 5.74) is -0.0640. The van der Waals surface area contributed by atoms with Crippen molar-refractivity contribution in [2.75, 3.05) is 46.9 Å². The zero-order valence-corrected chi connectivity index (χ0v) is 14.0. The zero-order valence-electron chi connectivity index (χ0n) is 14.0. The standard InChI is InChI=1S/C16H35N3O/c1-5-16(14-20,17-6-2)10-8-12-19-11-7-9-15(19)13-18(3)4/h15,17,20H,5-14H2,1-4H3. The molecule has 0 aromatic carbocycles. The summed E-state index contributed by atoms with van der Waals surface area (Å²) in [6, 6.07) is 0.731. The van der Waals surface area contributed by atoms with Crippen LogP contribution in [0.2, 0.25) is 0 Å². The lowest BCUT2D eigenvalue weighted by molar-refractivity contribution is 0.136. The first-order valence-corrected chi connectivity index (χ1v) is 8.31. The fourth-order valence-electron chi connectivity index (χ4n) is 3.45. The van der Waals surface area contributed by atoms with E-state index in [9.17, 15) is 5.11 Å². The second-order valence-corrected chi connectivity index (χ2v) is 6.52. The molecule has 120 valence electrons. The topological polar surface area (TPSA) is 38.7 Å². The highest BCUT2D eigenvalue weighted by molar-refractivity contribution is 4.87. The van der Waals surface area contributed by atoms with E-state index in [-0.39, 0.29) is 12.1 Å². The second-order valence-electron chi connectivity index (χ2n) is 6.52. The van der Waals surface area contributed by atoms with E-state index in [0.29, 0.717) is 0 Å². The first kappa shape index (κ1) is 17.9. The quantitative estimate of drug-likeness (QED) is 0.639. The number of rotatable bonds is 10. The maximum absolute atomic E-state index is 9.69. The number of likely N-dealkylation sites (tertiary alicyclic amines) is 1. The molecule has 1 aliphatic heterocycles. The molecule has 2 atom stereocenters. The van der Waals surface area contributed by atoms with E-state index in [0.717, 1.165) is 25.4 Å². The van der Waals surface area contributed by atoms with Gasteiger partial charge < -0.3 is 15.3 Å². The van der Waals surface area contributed by atoms with E-state index >= 15 is 0 Å². The van der Waals surface area contributed by atoms with E-state index < -0.39 is 0 Å². The normalized spacial score (nSPS) is 23.4. The van der Waals surface area contributed by atoms with Gasteiger partial charge in [0, 0.05) is 18.1 Å². The summed E-state index contributed by atoms with van der Waals surface area (Å²) < 4.78 is 0. The molecule has 0 bridgehead atoms. The Bertz CT molecular complexity index is 254. The van der Waals surface area contributed by atoms with Crippen molar-refractivity contribution in [3.63, 3.8) is 0 Å². The highest BCUT2D eigenvalue weighted by Crippen LogP contribution is 2.21. The predicted molar refractivity (Wildman–Crippen MR) is 86.2 cm³/mol. The van der Waals surface area contributed by atoms with Crippen molar-refractivity contribution in [1.29, 1.82) is 0 Å². The van der Waals surface area contributed by atoms with Crippen LogP contribution in [0.25, 0.3) is 0 Å². The van der Waals surface area contributed by atoms with Crippen LogP contribution in [-0.2, 0) is 0 Å². The third-order valence-electron chi connectivity index (χ3n) is 4.71. The van der Waals surface area contributed by atoms with E-state index in [2.05, 4.69) is 43.1 Å². The maximum Gasteiger partial charge on any atom is 0.0613 e. The molecule has 1 saturated heterocycles. The van der Waals surface area contributed by atoms with Crippen LogP contribution < -0.4 is 5.32 Å². The van der Waals surface area contributed by atoms with Crippen molar-refractivity contribution < 1.29 is 5.11 Å². The molecule has 0 aromatic rings. The Labute approximate surface area is 125 Å². The average molecular weight is 285 g/mol. The predicted octanol–water partition coefficient (Wildman–Crippen LogP) is 1.54. The van der Waals surface area contributed by atoms with Crippen LogP contribution in [0.5, 0.6) is 0 Å². The van der Waals surface area contributed by atoms with Crippen molar-refractivity contribution in [2.24, 2.45) is 0 Å². The van der Waals surface area contributed by atoms with E-state index in [1.54, 1.807) is 0 Å². The van der Waals surface area contributed by atoms with Crippen LogP contribution in [0.4, 0.5) is 0 Å². The van der Waals surface area contributed by atoms with E-state index in [1.807, 2.05) is 0 Å². The fraction of sp³-hybridized carbons (Fsp3) is 1.00. The molecule has 0 amide bonds. The molecule has 1 aliphatic rings. The van der Waals surface area contributed by atoms with Gasteiger partial charge in [-0.05, 0) is 65.8 Å². The Morgan fingerprint density at radius 3 is 2.65 bits per heavy atom. The SMILES string of the molecule is CCNC(CC)(CO)CCCN1CCCC1CN(C)C. The number of nitrogens with zero attached hydrogens (tertiary/aromatic N) is 2. The average Bonchev–Trinajstić information content (AvgIpc) is 2.84. The molecule has 2 N–H and O–H groups in total. The van der Waals surface area contributed by atoms with Gasteiger partial charge in [0.15, 0.2) is 0 Å². The van der Waals surface area contributed by atoms with Gasteiger partial charge in [-0.2, -0.15) is 0 Å². The summed E-state index contributed by atoms with van der Waals surface area (Å²) >= 11 is 0. The van der Waals surface area contributed by atoms with Crippen molar-refractivity contribution in [3.8, 4) is 0 Å². The number of likely N-dealkylation sites (N-methyl/N-ethyl adjacent to an activating group) is 2. The lowest BCUT2D eigenvalue weighted by Crippen LogP contribution is -2.48. The summed E-state index contributed by atoms with van der Waals surface area (Å²) in [7, 11) is 4.32. The van der Waals surface area contributed by atoms with Crippen molar-refractivity contribution >= 4 is 0 Å². The van der Waals surface area contributed by atoms with E-state index in [4.69, 9.17) is 0 Å². The van der Waals surface area contributed by atoms with Gasteiger partial charge in [-0.15, -0.1) is 0 Å². The molecule has 0 spiro atoms. The smallest absolute Gasteiger partial charge is 0.0613 e. The number of hydrogen-bond acceptors (Lipinski definition) is 4. The van der Waals surface area contributed by atoms with Crippen molar-refractivity contribution in [2.45, 2.75) is 57.5 Å². The van der Waals surface area contributed by atoms with Gasteiger partial charge in [-0.25, -0.2) is 0 Å². The van der Waals surface area contributed by atoms with Gasteiger partial charge in [0.2, 0.25) is 0 Å². The Morgan fingerprint density at radius 2 is 2.10 bits per heavy atom. The molecule has 1 heterocycles. The summed E-state index contributed by atoms with van der Waals surface area (Å²) in [6.45, 7) is 9.06.